The van der Waals surface area contributed by atoms with Crippen LogP contribution in [-0.4, -0.2) is 38.1 Å². The highest BCUT2D eigenvalue weighted by atomic mass is 79.9. The van der Waals surface area contributed by atoms with Gasteiger partial charge in [0.25, 0.3) is 0 Å². The predicted octanol–water partition coefficient (Wildman–Crippen LogP) is 1.92. The lowest BCUT2D eigenvalue weighted by Crippen LogP contribution is -2.47. The minimum Gasteiger partial charge on any atom is -0.488 e. The Labute approximate surface area is 127 Å². The van der Waals surface area contributed by atoms with Crippen molar-refractivity contribution in [1.29, 1.82) is 0 Å². The molecule has 2 aliphatic rings. The molecule has 4 nitrogen and oxygen atoms in total. The van der Waals surface area contributed by atoms with Gasteiger partial charge in [-0.15, -0.1) is 0 Å². The summed E-state index contributed by atoms with van der Waals surface area (Å²) in [6, 6.07) is 6.03. The maximum atomic E-state index is 11.6. The molecule has 0 aromatic heterocycles. The Balaban J connectivity index is 1.59. The van der Waals surface area contributed by atoms with E-state index in [1.165, 1.54) is 5.56 Å². The molecule has 110 valence electrons. The number of hydrogen-bond acceptors (Lipinski definition) is 4. The van der Waals surface area contributed by atoms with Crippen molar-refractivity contribution >= 4 is 25.8 Å². The number of nitrogens with one attached hydrogen (secondary N) is 1. The normalized spacial score (nSPS) is 31.0. The molecule has 1 fully saturated rings. The van der Waals surface area contributed by atoms with E-state index in [-0.39, 0.29) is 23.1 Å². The van der Waals surface area contributed by atoms with Crippen LogP contribution in [0.3, 0.4) is 0 Å². The number of hydrogen-bond donors (Lipinski definition) is 1. The molecule has 2 heterocycles. The molecule has 20 heavy (non-hydrogen) atoms. The Morgan fingerprint density at radius 2 is 2.30 bits per heavy atom. The van der Waals surface area contributed by atoms with Gasteiger partial charge in [-0.05, 0) is 37.1 Å². The average molecular weight is 360 g/mol. The fourth-order valence-electron chi connectivity index (χ4n) is 2.91. The van der Waals surface area contributed by atoms with E-state index >= 15 is 0 Å². The molecule has 1 saturated heterocycles. The Bertz CT molecular complexity index is 631. The monoisotopic (exact) mass is 359 g/mol. The molecule has 0 saturated carbocycles. The van der Waals surface area contributed by atoms with Gasteiger partial charge in [0.1, 0.15) is 11.9 Å². The van der Waals surface area contributed by atoms with E-state index in [1.807, 2.05) is 19.1 Å². The van der Waals surface area contributed by atoms with Crippen molar-refractivity contribution in [1.82, 2.24) is 5.32 Å². The van der Waals surface area contributed by atoms with Crippen LogP contribution in [0.5, 0.6) is 5.75 Å². The summed E-state index contributed by atoms with van der Waals surface area (Å²) >= 11 is 3.46. The van der Waals surface area contributed by atoms with Gasteiger partial charge in [-0.25, -0.2) is 8.42 Å². The standard InChI is InChI=1S/C14H18BrNO3S/c1-14(4-5-20(17,18)9-14)16-8-12-7-10-6-11(15)2-3-13(10)19-12/h2-3,6,12,16H,4-5,7-9H2,1H3. The Morgan fingerprint density at radius 1 is 1.50 bits per heavy atom. The summed E-state index contributed by atoms with van der Waals surface area (Å²) in [6.45, 7) is 2.66. The highest BCUT2D eigenvalue weighted by molar-refractivity contribution is 9.10. The van der Waals surface area contributed by atoms with E-state index in [1.54, 1.807) is 0 Å². The fourth-order valence-corrected chi connectivity index (χ4v) is 5.44. The van der Waals surface area contributed by atoms with E-state index in [9.17, 15) is 8.42 Å². The van der Waals surface area contributed by atoms with Crippen LogP contribution in [0, 0.1) is 0 Å². The van der Waals surface area contributed by atoms with Gasteiger partial charge in [0.05, 0.1) is 11.5 Å². The molecule has 2 atom stereocenters. The summed E-state index contributed by atoms with van der Waals surface area (Å²) < 4.78 is 30.1. The number of halogens is 1. The number of fused-ring (bicyclic) bond motifs is 1. The van der Waals surface area contributed by atoms with Crippen molar-refractivity contribution in [2.24, 2.45) is 0 Å². The van der Waals surface area contributed by atoms with Crippen LogP contribution >= 0.6 is 15.9 Å². The van der Waals surface area contributed by atoms with Gasteiger partial charge in [0.2, 0.25) is 0 Å². The molecule has 0 radical (unpaired) electrons. The molecule has 0 spiro atoms. The van der Waals surface area contributed by atoms with Crippen LogP contribution in [-0.2, 0) is 16.3 Å². The largest absolute Gasteiger partial charge is 0.488 e. The van der Waals surface area contributed by atoms with Crippen LogP contribution in [0.1, 0.15) is 18.9 Å². The summed E-state index contributed by atoms with van der Waals surface area (Å²) in [4.78, 5) is 0. The summed E-state index contributed by atoms with van der Waals surface area (Å²) in [5.74, 6) is 1.45. The quantitative estimate of drug-likeness (QED) is 0.895. The van der Waals surface area contributed by atoms with Crippen molar-refractivity contribution in [2.45, 2.75) is 31.4 Å². The molecule has 1 aromatic rings. The second-order valence-corrected chi connectivity index (χ2v) is 9.08. The lowest BCUT2D eigenvalue weighted by molar-refractivity contribution is 0.210. The molecule has 0 bridgehead atoms. The van der Waals surface area contributed by atoms with Crippen molar-refractivity contribution in [3.8, 4) is 5.75 Å². The summed E-state index contributed by atoms with van der Waals surface area (Å²) in [5, 5.41) is 3.39. The number of ether oxygens (including phenoxy) is 1. The molecule has 1 aromatic carbocycles. The van der Waals surface area contributed by atoms with Gasteiger partial charge >= 0.3 is 0 Å². The van der Waals surface area contributed by atoms with Gasteiger partial charge in [-0.3, -0.25) is 0 Å². The first-order valence-electron chi connectivity index (χ1n) is 6.76. The average Bonchev–Trinajstić information content (AvgIpc) is 2.87. The lowest BCUT2D eigenvalue weighted by atomic mass is 10.0. The van der Waals surface area contributed by atoms with E-state index in [2.05, 4.69) is 27.3 Å². The Hall–Kier alpha value is -0.590. The first-order chi connectivity index (χ1) is 9.35. The van der Waals surface area contributed by atoms with Crippen LogP contribution in [0.4, 0.5) is 0 Å². The Kier molecular flexibility index (Phi) is 3.59. The van der Waals surface area contributed by atoms with Crippen LogP contribution in [0.15, 0.2) is 22.7 Å². The second-order valence-electron chi connectivity index (χ2n) is 5.98. The molecule has 6 heteroatoms. The molecular weight excluding hydrogens is 342 g/mol. The number of sulfone groups is 1. The van der Waals surface area contributed by atoms with Gasteiger partial charge in [-0.2, -0.15) is 0 Å². The summed E-state index contributed by atoms with van der Waals surface area (Å²) in [5.41, 5.74) is 0.896. The highest BCUT2D eigenvalue weighted by Gasteiger charge is 2.38. The van der Waals surface area contributed by atoms with Crippen molar-refractivity contribution in [3.63, 3.8) is 0 Å². The lowest BCUT2D eigenvalue weighted by Gasteiger charge is -2.25. The SMILES string of the molecule is CC1(NCC2Cc3cc(Br)ccc3O2)CCS(=O)(=O)C1. The third-order valence-electron chi connectivity index (χ3n) is 4.02. The molecule has 0 aliphatic carbocycles. The number of benzene rings is 1. The zero-order valence-electron chi connectivity index (χ0n) is 11.4. The molecule has 0 amide bonds. The molecule has 2 aliphatic heterocycles. The third-order valence-corrected chi connectivity index (χ3v) is 6.42. The summed E-state index contributed by atoms with van der Waals surface area (Å²) in [6.07, 6.45) is 1.63. The van der Waals surface area contributed by atoms with Crippen molar-refractivity contribution in [2.75, 3.05) is 18.1 Å². The zero-order valence-corrected chi connectivity index (χ0v) is 13.8. The van der Waals surface area contributed by atoms with Gasteiger partial charge in [0.15, 0.2) is 9.84 Å². The third kappa shape index (κ3) is 3.02. The highest BCUT2D eigenvalue weighted by Crippen LogP contribution is 2.31. The van der Waals surface area contributed by atoms with Gasteiger partial charge in [-0.1, -0.05) is 15.9 Å². The smallest absolute Gasteiger partial charge is 0.152 e. The van der Waals surface area contributed by atoms with Crippen LogP contribution in [0.2, 0.25) is 0 Å². The minimum absolute atomic E-state index is 0.0828. The van der Waals surface area contributed by atoms with E-state index < -0.39 is 9.84 Å². The molecule has 1 N–H and O–H groups in total. The summed E-state index contributed by atoms with van der Waals surface area (Å²) in [7, 11) is -2.87. The number of rotatable bonds is 3. The Morgan fingerprint density at radius 3 is 3.00 bits per heavy atom. The van der Waals surface area contributed by atoms with E-state index in [0.717, 1.165) is 16.6 Å². The fraction of sp³-hybridized carbons (Fsp3) is 0.571. The van der Waals surface area contributed by atoms with Crippen LogP contribution < -0.4 is 10.1 Å². The molecule has 2 unspecified atom stereocenters. The first kappa shape index (κ1) is 14.4. The maximum Gasteiger partial charge on any atom is 0.152 e. The minimum atomic E-state index is -2.87. The van der Waals surface area contributed by atoms with E-state index in [4.69, 9.17) is 4.74 Å². The van der Waals surface area contributed by atoms with Crippen LogP contribution in [0.25, 0.3) is 0 Å². The molecule has 3 rings (SSSR count). The second kappa shape index (κ2) is 5.00. The van der Waals surface area contributed by atoms with Crippen molar-refractivity contribution < 1.29 is 13.2 Å². The maximum absolute atomic E-state index is 11.6. The molecular formula is C14H18BrNO3S. The van der Waals surface area contributed by atoms with E-state index in [0.29, 0.717) is 13.0 Å². The van der Waals surface area contributed by atoms with Crippen molar-refractivity contribution in [3.05, 3.63) is 28.2 Å². The first-order valence-corrected chi connectivity index (χ1v) is 9.37. The predicted molar refractivity (Wildman–Crippen MR) is 81.9 cm³/mol. The van der Waals surface area contributed by atoms with Gasteiger partial charge < -0.3 is 10.1 Å². The topological polar surface area (TPSA) is 55.4 Å². The zero-order chi connectivity index (χ0) is 14.4. The van der Waals surface area contributed by atoms with Gasteiger partial charge in [0, 0.05) is 23.0 Å².